The summed E-state index contributed by atoms with van der Waals surface area (Å²) in [5, 5.41) is 2.93. The van der Waals surface area contributed by atoms with Crippen molar-refractivity contribution in [3.05, 3.63) is 86.6 Å². The SMILES string of the molecule is COC(=O)c1cccc(COc2ccc(Nc3cc(=O)[nH]c(=O)[nH]3)cc2)c1. The van der Waals surface area contributed by atoms with Gasteiger partial charge in [0.05, 0.1) is 12.7 Å². The average Bonchev–Trinajstić information content (AvgIpc) is 2.66. The topological polar surface area (TPSA) is 113 Å². The van der Waals surface area contributed by atoms with Gasteiger partial charge in [0, 0.05) is 11.8 Å². The van der Waals surface area contributed by atoms with E-state index in [0.717, 1.165) is 5.56 Å². The molecule has 3 aromatic rings. The molecule has 3 rings (SSSR count). The van der Waals surface area contributed by atoms with Gasteiger partial charge in [0.1, 0.15) is 18.2 Å². The van der Waals surface area contributed by atoms with Crippen LogP contribution in [0.2, 0.25) is 0 Å². The molecular formula is C19H17N3O5. The quantitative estimate of drug-likeness (QED) is 0.576. The largest absolute Gasteiger partial charge is 0.489 e. The highest BCUT2D eigenvalue weighted by Gasteiger charge is 2.06. The molecule has 1 aromatic heterocycles. The van der Waals surface area contributed by atoms with Crippen LogP contribution in [0.4, 0.5) is 11.5 Å². The first-order valence-electron chi connectivity index (χ1n) is 8.04. The van der Waals surface area contributed by atoms with Crippen molar-refractivity contribution >= 4 is 17.5 Å². The molecule has 8 heteroatoms. The number of carbonyl (C=O) groups excluding carboxylic acids is 1. The Bertz CT molecular complexity index is 1030. The summed E-state index contributed by atoms with van der Waals surface area (Å²) in [6, 6.07) is 15.3. The number of hydrogen-bond acceptors (Lipinski definition) is 6. The number of carbonyl (C=O) groups is 1. The third-order valence-electron chi connectivity index (χ3n) is 3.65. The summed E-state index contributed by atoms with van der Waals surface area (Å²) in [5.41, 5.74) is 0.900. The van der Waals surface area contributed by atoms with Crippen molar-refractivity contribution in [2.45, 2.75) is 6.61 Å². The van der Waals surface area contributed by atoms with Crippen LogP contribution in [-0.4, -0.2) is 23.0 Å². The molecule has 0 aliphatic rings. The minimum Gasteiger partial charge on any atom is -0.489 e. The number of esters is 1. The minimum absolute atomic E-state index is 0.289. The van der Waals surface area contributed by atoms with Crippen molar-refractivity contribution < 1.29 is 14.3 Å². The number of hydrogen-bond donors (Lipinski definition) is 3. The first kappa shape index (κ1) is 18.0. The van der Waals surface area contributed by atoms with Crippen LogP contribution in [0.5, 0.6) is 5.75 Å². The Kier molecular flexibility index (Phi) is 5.36. The average molecular weight is 367 g/mol. The Hall–Kier alpha value is -3.81. The highest BCUT2D eigenvalue weighted by molar-refractivity contribution is 5.89. The molecule has 0 radical (unpaired) electrons. The Morgan fingerprint density at radius 2 is 1.81 bits per heavy atom. The van der Waals surface area contributed by atoms with Gasteiger partial charge in [-0.05, 0) is 42.0 Å². The number of methoxy groups -OCH3 is 1. The molecule has 0 fully saturated rings. The molecule has 27 heavy (non-hydrogen) atoms. The zero-order valence-corrected chi connectivity index (χ0v) is 14.4. The number of H-pyrrole nitrogens is 2. The zero-order chi connectivity index (χ0) is 19.2. The molecule has 0 aliphatic carbocycles. The fraction of sp³-hybridized carbons (Fsp3) is 0.105. The van der Waals surface area contributed by atoms with Crippen LogP contribution in [0.3, 0.4) is 0 Å². The fourth-order valence-electron chi connectivity index (χ4n) is 2.40. The van der Waals surface area contributed by atoms with Crippen LogP contribution in [0.15, 0.2) is 64.2 Å². The molecule has 0 spiro atoms. The molecule has 0 unspecified atom stereocenters. The van der Waals surface area contributed by atoms with E-state index in [1.807, 2.05) is 6.07 Å². The van der Waals surface area contributed by atoms with E-state index < -0.39 is 17.2 Å². The van der Waals surface area contributed by atoms with Crippen molar-refractivity contribution in [3.63, 3.8) is 0 Å². The van der Waals surface area contributed by atoms with Crippen molar-refractivity contribution in [3.8, 4) is 5.75 Å². The number of benzene rings is 2. The van der Waals surface area contributed by atoms with Crippen molar-refractivity contribution in [1.82, 2.24) is 9.97 Å². The molecule has 0 saturated heterocycles. The van der Waals surface area contributed by atoms with Gasteiger partial charge in [-0.2, -0.15) is 0 Å². The molecule has 0 atom stereocenters. The first-order chi connectivity index (χ1) is 13.0. The van der Waals surface area contributed by atoms with Crippen LogP contribution in [-0.2, 0) is 11.3 Å². The van der Waals surface area contributed by atoms with Gasteiger partial charge in [-0.1, -0.05) is 12.1 Å². The standard InChI is InChI=1S/C19H17N3O5/c1-26-18(24)13-4-2-3-12(9-13)11-27-15-7-5-14(6-8-15)20-16-10-17(23)22-19(25)21-16/h2-10H,11H2,1H3,(H3,20,21,22,23,25). The normalized spacial score (nSPS) is 10.3. The van der Waals surface area contributed by atoms with Crippen LogP contribution in [0.25, 0.3) is 0 Å². The lowest BCUT2D eigenvalue weighted by Gasteiger charge is -2.09. The Labute approximate surface area is 153 Å². The smallest absolute Gasteiger partial charge is 0.337 e. The summed E-state index contributed by atoms with van der Waals surface area (Å²) >= 11 is 0. The molecule has 0 bridgehead atoms. The van der Waals surface area contributed by atoms with E-state index in [1.54, 1.807) is 42.5 Å². The predicted octanol–water partition coefficient (Wildman–Crippen LogP) is 2.17. The summed E-state index contributed by atoms with van der Waals surface area (Å²) in [6.45, 7) is 0.291. The number of aromatic nitrogens is 2. The summed E-state index contributed by atoms with van der Waals surface area (Å²) < 4.78 is 10.4. The molecule has 0 amide bonds. The lowest BCUT2D eigenvalue weighted by Crippen LogP contribution is -2.22. The zero-order valence-electron chi connectivity index (χ0n) is 14.4. The van der Waals surface area contributed by atoms with Gasteiger partial charge in [-0.3, -0.25) is 14.8 Å². The summed E-state index contributed by atoms with van der Waals surface area (Å²) in [4.78, 5) is 38.7. The number of anilines is 2. The first-order valence-corrected chi connectivity index (χ1v) is 8.04. The summed E-state index contributed by atoms with van der Waals surface area (Å²) in [7, 11) is 1.34. The van der Waals surface area contributed by atoms with E-state index in [0.29, 0.717) is 23.6 Å². The van der Waals surface area contributed by atoms with E-state index in [1.165, 1.54) is 13.2 Å². The predicted molar refractivity (Wildman–Crippen MR) is 99.5 cm³/mol. The fourth-order valence-corrected chi connectivity index (χ4v) is 2.40. The monoisotopic (exact) mass is 367 g/mol. The number of ether oxygens (including phenoxy) is 2. The Morgan fingerprint density at radius 1 is 1.04 bits per heavy atom. The molecular weight excluding hydrogens is 350 g/mol. The van der Waals surface area contributed by atoms with E-state index in [-0.39, 0.29) is 5.82 Å². The third kappa shape index (κ3) is 4.85. The Balaban J connectivity index is 1.63. The van der Waals surface area contributed by atoms with Crippen molar-refractivity contribution in [2.24, 2.45) is 0 Å². The number of nitrogens with one attached hydrogen (secondary N) is 3. The van der Waals surface area contributed by atoms with E-state index in [9.17, 15) is 14.4 Å². The van der Waals surface area contributed by atoms with Crippen LogP contribution < -0.4 is 21.3 Å². The molecule has 138 valence electrons. The molecule has 0 saturated carbocycles. The van der Waals surface area contributed by atoms with E-state index in [2.05, 4.69) is 15.3 Å². The van der Waals surface area contributed by atoms with Gasteiger partial charge in [0.25, 0.3) is 5.56 Å². The van der Waals surface area contributed by atoms with Gasteiger partial charge < -0.3 is 14.8 Å². The van der Waals surface area contributed by atoms with Crippen molar-refractivity contribution in [2.75, 3.05) is 12.4 Å². The molecule has 2 aromatic carbocycles. The minimum atomic E-state index is -0.584. The molecule has 8 nitrogen and oxygen atoms in total. The van der Waals surface area contributed by atoms with Crippen molar-refractivity contribution in [1.29, 1.82) is 0 Å². The van der Waals surface area contributed by atoms with Gasteiger partial charge in [0.15, 0.2) is 0 Å². The highest BCUT2D eigenvalue weighted by Crippen LogP contribution is 2.19. The molecule has 1 heterocycles. The van der Waals surface area contributed by atoms with E-state index >= 15 is 0 Å². The van der Waals surface area contributed by atoms with Crippen LogP contribution in [0.1, 0.15) is 15.9 Å². The lowest BCUT2D eigenvalue weighted by atomic mass is 10.1. The second-order valence-corrected chi connectivity index (χ2v) is 5.63. The number of rotatable bonds is 6. The van der Waals surface area contributed by atoms with Gasteiger partial charge in [-0.25, -0.2) is 9.59 Å². The molecule has 0 aliphatic heterocycles. The van der Waals surface area contributed by atoms with Gasteiger partial charge in [0.2, 0.25) is 0 Å². The second-order valence-electron chi connectivity index (χ2n) is 5.63. The maximum atomic E-state index is 11.6. The van der Waals surface area contributed by atoms with Gasteiger partial charge in [-0.15, -0.1) is 0 Å². The lowest BCUT2D eigenvalue weighted by molar-refractivity contribution is 0.0600. The summed E-state index contributed by atoms with van der Waals surface area (Å²) in [5.74, 6) is 0.519. The number of aromatic amines is 2. The summed E-state index contributed by atoms with van der Waals surface area (Å²) in [6.07, 6.45) is 0. The third-order valence-corrected chi connectivity index (χ3v) is 3.65. The van der Waals surface area contributed by atoms with Crippen LogP contribution in [0, 0.1) is 0 Å². The molecule has 3 N–H and O–H groups in total. The Morgan fingerprint density at radius 3 is 2.52 bits per heavy atom. The van der Waals surface area contributed by atoms with Crippen LogP contribution >= 0.6 is 0 Å². The van der Waals surface area contributed by atoms with Gasteiger partial charge >= 0.3 is 11.7 Å². The second kappa shape index (κ2) is 8.05. The highest BCUT2D eigenvalue weighted by atomic mass is 16.5. The maximum absolute atomic E-state index is 11.6. The maximum Gasteiger partial charge on any atom is 0.337 e. The van der Waals surface area contributed by atoms with E-state index in [4.69, 9.17) is 9.47 Å².